The van der Waals surface area contributed by atoms with Gasteiger partial charge in [0, 0.05) is 13.1 Å². The van der Waals surface area contributed by atoms with E-state index >= 15 is 0 Å². The summed E-state index contributed by atoms with van der Waals surface area (Å²) in [6.07, 6.45) is 2.35. The van der Waals surface area contributed by atoms with Gasteiger partial charge in [-0.2, -0.15) is 4.98 Å². The van der Waals surface area contributed by atoms with Gasteiger partial charge in [-0.05, 0) is 30.9 Å². The Bertz CT molecular complexity index is 569. The average molecular weight is 261 g/mol. The zero-order valence-corrected chi connectivity index (χ0v) is 10.8. The number of aromatic nitrogens is 2. The summed E-state index contributed by atoms with van der Waals surface area (Å²) >= 11 is 0. The van der Waals surface area contributed by atoms with E-state index in [1.165, 1.54) is 12.5 Å². The summed E-state index contributed by atoms with van der Waals surface area (Å²) in [6.45, 7) is 4.04. The van der Waals surface area contributed by atoms with Crippen LogP contribution in [0.5, 0.6) is 0 Å². The molecule has 2 aromatic rings. The van der Waals surface area contributed by atoms with Crippen molar-refractivity contribution in [2.75, 3.05) is 18.0 Å². The predicted octanol–water partition coefficient (Wildman–Crippen LogP) is 3.11. The molecule has 1 aliphatic heterocycles. The molecule has 4 nitrogen and oxygen atoms in total. The molecule has 19 heavy (non-hydrogen) atoms. The summed E-state index contributed by atoms with van der Waals surface area (Å²) in [5, 5.41) is 3.88. The van der Waals surface area contributed by atoms with E-state index in [-0.39, 0.29) is 5.82 Å². The zero-order valence-electron chi connectivity index (χ0n) is 10.8. The fraction of sp³-hybridized carbons (Fsp3) is 0.429. The van der Waals surface area contributed by atoms with E-state index in [1.807, 2.05) is 0 Å². The van der Waals surface area contributed by atoms with E-state index in [1.54, 1.807) is 18.2 Å². The molecule has 0 saturated carbocycles. The molecule has 1 fully saturated rings. The van der Waals surface area contributed by atoms with Crippen LogP contribution in [0.4, 0.5) is 10.4 Å². The Kier molecular flexibility index (Phi) is 3.19. The Morgan fingerprint density at radius 3 is 3.00 bits per heavy atom. The van der Waals surface area contributed by atoms with Crippen LogP contribution < -0.4 is 4.90 Å². The smallest absolute Gasteiger partial charge is 0.324 e. The number of anilines is 1. The molecule has 1 atom stereocenters. The van der Waals surface area contributed by atoms with Crippen molar-refractivity contribution in [3.63, 3.8) is 0 Å². The number of rotatable bonds is 2. The second-order valence-electron chi connectivity index (χ2n) is 5.07. The summed E-state index contributed by atoms with van der Waals surface area (Å²) < 4.78 is 18.9. The van der Waals surface area contributed by atoms with Gasteiger partial charge in [-0.15, -0.1) is 0 Å². The van der Waals surface area contributed by atoms with Crippen molar-refractivity contribution < 1.29 is 8.91 Å². The van der Waals surface area contributed by atoms with E-state index in [0.29, 0.717) is 23.3 Å². The highest BCUT2D eigenvalue weighted by Crippen LogP contribution is 2.25. The summed E-state index contributed by atoms with van der Waals surface area (Å²) in [5.41, 5.74) is 0.377. The van der Waals surface area contributed by atoms with Gasteiger partial charge in [0.25, 0.3) is 0 Å². The Labute approximate surface area is 111 Å². The van der Waals surface area contributed by atoms with Crippen molar-refractivity contribution in [2.45, 2.75) is 19.8 Å². The SMILES string of the molecule is C[C@H]1CCCN(c2nc(-c3ccccc3F)no2)C1. The van der Waals surface area contributed by atoms with Gasteiger partial charge in [0.2, 0.25) is 5.82 Å². The standard InChI is InChI=1S/C14H16FN3O/c1-10-5-4-8-18(9-10)14-16-13(17-19-14)11-6-2-3-7-12(11)15/h2-3,6-7,10H,4-5,8-9H2,1H3/t10-/m0/s1. The van der Waals surface area contributed by atoms with Gasteiger partial charge < -0.3 is 9.42 Å². The molecule has 0 amide bonds. The first kappa shape index (κ1) is 12.1. The first-order chi connectivity index (χ1) is 9.24. The Hall–Kier alpha value is -1.91. The van der Waals surface area contributed by atoms with E-state index in [4.69, 9.17) is 4.52 Å². The highest BCUT2D eigenvalue weighted by atomic mass is 19.1. The Morgan fingerprint density at radius 1 is 1.37 bits per heavy atom. The van der Waals surface area contributed by atoms with Crippen molar-refractivity contribution in [3.8, 4) is 11.4 Å². The first-order valence-electron chi connectivity index (χ1n) is 6.57. The van der Waals surface area contributed by atoms with Crippen LogP contribution in [0.15, 0.2) is 28.8 Å². The Morgan fingerprint density at radius 2 is 2.21 bits per heavy atom. The fourth-order valence-electron chi connectivity index (χ4n) is 2.46. The number of hydrogen-bond acceptors (Lipinski definition) is 4. The quantitative estimate of drug-likeness (QED) is 0.833. The van der Waals surface area contributed by atoms with Crippen LogP contribution in [-0.4, -0.2) is 23.2 Å². The Balaban J connectivity index is 1.85. The van der Waals surface area contributed by atoms with Gasteiger partial charge in [-0.25, -0.2) is 4.39 Å². The maximum absolute atomic E-state index is 13.7. The predicted molar refractivity (Wildman–Crippen MR) is 70.3 cm³/mol. The lowest BCUT2D eigenvalue weighted by Gasteiger charge is -2.28. The van der Waals surface area contributed by atoms with Gasteiger partial charge in [-0.3, -0.25) is 0 Å². The fourth-order valence-corrected chi connectivity index (χ4v) is 2.46. The molecular formula is C14H16FN3O. The minimum atomic E-state index is -0.332. The number of halogens is 1. The van der Waals surface area contributed by atoms with Crippen LogP contribution in [0.2, 0.25) is 0 Å². The molecule has 0 bridgehead atoms. The molecule has 1 aromatic heterocycles. The van der Waals surface area contributed by atoms with E-state index < -0.39 is 0 Å². The number of piperidine rings is 1. The monoisotopic (exact) mass is 261 g/mol. The molecule has 5 heteroatoms. The van der Waals surface area contributed by atoms with Crippen molar-refractivity contribution in [2.24, 2.45) is 5.92 Å². The lowest BCUT2D eigenvalue weighted by molar-refractivity contribution is 0.376. The van der Waals surface area contributed by atoms with Gasteiger partial charge in [0.1, 0.15) is 5.82 Å². The minimum Gasteiger partial charge on any atom is -0.324 e. The summed E-state index contributed by atoms with van der Waals surface area (Å²) in [7, 11) is 0. The molecule has 1 aromatic carbocycles. The summed E-state index contributed by atoms with van der Waals surface area (Å²) in [6, 6.07) is 6.95. The average Bonchev–Trinajstić information content (AvgIpc) is 2.89. The van der Waals surface area contributed by atoms with Crippen LogP contribution in [0.3, 0.4) is 0 Å². The van der Waals surface area contributed by atoms with Crippen molar-refractivity contribution >= 4 is 6.01 Å². The van der Waals surface area contributed by atoms with Gasteiger partial charge in [0.05, 0.1) is 5.56 Å². The van der Waals surface area contributed by atoms with Crippen LogP contribution in [-0.2, 0) is 0 Å². The number of nitrogens with zero attached hydrogens (tertiary/aromatic N) is 3. The van der Waals surface area contributed by atoms with E-state index in [2.05, 4.69) is 22.0 Å². The number of benzene rings is 1. The molecule has 0 radical (unpaired) electrons. The third-order valence-electron chi connectivity index (χ3n) is 3.46. The minimum absolute atomic E-state index is 0.311. The summed E-state index contributed by atoms with van der Waals surface area (Å²) in [5.74, 6) is 0.603. The molecule has 0 aliphatic carbocycles. The molecular weight excluding hydrogens is 245 g/mol. The second kappa shape index (κ2) is 4.99. The van der Waals surface area contributed by atoms with Crippen LogP contribution in [0.25, 0.3) is 11.4 Å². The third kappa shape index (κ3) is 2.45. The molecule has 1 aliphatic rings. The van der Waals surface area contributed by atoms with Gasteiger partial charge in [0.15, 0.2) is 0 Å². The van der Waals surface area contributed by atoms with Crippen molar-refractivity contribution in [3.05, 3.63) is 30.1 Å². The molecule has 0 N–H and O–H groups in total. The first-order valence-corrected chi connectivity index (χ1v) is 6.57. The maximum atomic E-state index is 13.7. The molecule has 2 heterocycles. The van der Waals surface area contributed by atoms with E-state index in [9.17, 15) is 4.39 Å². The van der Waals surface area contributed by atoms with Gasteiger partial charge in [-0.1, -0.05) is 24.2 Å². The maximum Gasteiger partial charge on any atom is 0.324 e. The highest BCUT2D eigenvalue weighted by molar-refractivity contribution is 5.56. The largest absolute Gasteiger partial charge is 0.324 e. The normalized spacial score (nSPS) is 19.7. The van der Waals surface area contributed by atoms with Crippen LogP contribution >= 0.6 is 0 Å². The topological polar surface area (TPSA) is 42.2 Å². The van der Waals surface area contributed by atoms with Crippen molar-refractivity contribution in [1.82, 2.24) is 10.1 Å². The third-order valence-corrected chi connectivity index (χ3v) is 3.46. The van der Waals surface area contributed by atoms with Crippen LogP contribution in [0.1, 0.15) is 19.8 Å². The van der Waals surface area contributed by atoms with Gasteiger partial charge >= 0.3 is 6.01 Å². The molecule has 0 unspecified atom stereocenters. The lowest BCUT2D eigenvalue weighted by atomic mass is 10.0. The molecule has 1 saturated heterocycles. The molecule has 100 valence electrons. The lowest BCUT2D eigenvalue weighted by Crippen LogP contribution is -2.34. The molecule has 0 spiro atoms. The second-order valence-corrected chi connectivity index (χ2v) is 5.07. The summed E-state index contributed by atoms with van der Waals surface area (Å²) in [4.78, 5) is 6.38. The van der Waals surface area contributed by atoms with E-state index in [0.717, 1.165) is 19.5 Å². The zero-order chi connectivity index (χ0) is 13.2. The number of hydrogen-bond donors (Lipinski definition) is 0. The van der Waals surface area contributed by atoms with Crippen LogP contribution in [0, 0.1) is 11.7 Å². The molecule has 3 rings (SSSR count). The highest BCUT2D eigenvalue weighted by Gasteiger charge is 2.22. The van der Waals surface area contributed by atoms with Crippen molar-refractivity contribution in [1.29, 1.82) is 0 Å².